The van der Waals surface area contributed by atoms with Gasteiger partial charge in [-0.05, 0) is 18.2 Å². The highest BCUT2D eigenvalue weighted by atomic mass is 35.5. The lowest BCUT2D eigenvalue weighted by Crippen LogP contribution is -2.36. The SMILES string of the molecule is NCC(=O)NCC(=O)Nc1cc(S(N)(=O)=O)ccc1Cl. The van der Waals surface area contributed by atoms with Crippen LogP contribution >= 0.6 is 11.6 Å². The Hall–Kier alpha value is -1.68. The molecule has 2 amide bonds. The largest absolute Gasteiger partial charge is 0.346 e. The van der Waals surface area contributed by atoms with Crippen LogP contribution in [0.15, 0.2) is 23.1 Å². The maximum Gasteiger partial charge on any atom is 0.243 e. The van der Waals surface area contributed by atoms with Crippen molar-refractivity contribution in [2.75, 3.05) is 18.4 Å². The fraction of sp³-hybridized carbons (Fsp3) is 0.200. The molecule has 6 N–H and O–H groups in total. The van der Waals surface area contributed by atoms with E-state index in [4.69, 9.17) is 22.5 Å². The molecule has 1 aromatic carbocycles. The summed E-state index contributed by atoms with van der Waals surface area (Å²) < 4.78 is 22.4. The van der Waals surface area contributed by atoms with Crippen LogP contribution in [-0.2, 0) is 19.6 Å². The van der Waals surface area contributed by atoms with Gasteiger partial charge in [-0.3, -0.25) is 9.59 Å². The van der Waals surface area contributed by atoms with Gasteiger partial charge < -0.3 is 16.4 Å². The molecular formula is C10H13ClN4O4S. The van der Waals surface area contributed by atoms with E-state index < -0.39 is 21.8 Å². The summed E-state index contributed by atoms with van der Waals surface area (Å²) in [5, 5.41) is 9.71. The molecule has 0 aliphatic heterocycles. The number of primary sulfonamides is 1. The van der Waals surface area contributed by atoms with E-state index in [9.17, 15) is 18.0 Å². The number of anilines is 1. The molecular weight excluding hydrogens is 308 g/mol. The molecule has 10 heteroatoms. The molecule has 1 aromatic rings. The molecule has 0 atom stereocenters. The highest BCUT2D eigenvalue weighted by molar-refractivity contribution is 7.89. The standard InChI is InChI=1S/C10H13ClN4O4S/c11-7-2-1-6(20(13,18)19)3-8(7)15-10(17)5-14-9(16)4-12/h1-3H,4-5,12H2,(H,14,16)(H,15,17)(H2,13,18,19). The van der Waals surface area contributed by atoms with E-state index in [0.29, 0.717) is 0 Å². The Morgan fingerprint density at radius 2 is 1.90 bits per heavy atom. The minimum absolute atomic E-state index is 0.0742. The molecule has 0 aromatic heterocycles. The molecule has 0 fully saturated rings. The van der Waals surface area contributed by atoms with Crippen LogP contribution in [0.2, 0.25) is 5.02 Å². The van der Waals surface area contributed by atoms with Crippen LogP contribution in [0, 0.1) is 0 Å². The smallest absolute Gasteiger partial charge is 0.243 e. The molecule has 0 spiro atoms. The minimum Gasteiger partial charge on any atom is -0.346 e. The summed E-state index contributed by atoms with van der Waals surface area (Å²) in [5.74, 6) is -1.08. The molecule has 0 saturated heterocycles. The first kappa shape index (κ1) is 16.4. The zero-order chi connectivity index (χ0) is 15.3. The normalized spacial score (nSPS) is 10.9. The summed E-state index contributed by atoms with van der Waals surface area (Å²) >= 11 is 5.82. The van der Waals surface area contributed by atoms with E-state index in [1.165, 1.54) is 12.1 Å². The summed E-state index contributed by atoms with van der Waals surface area (Å²) in [6, 6.07) is 3.62. The zero-order valence-electron chi connectivity index (χ0n) is 10.2. The second-order valence-corrected chi connectivity index (χ2v) is 5.68. The van der Waals surface area contributed by atoms with Gasteiger partial charge in [0.1, 0.15) is 0 Å². The first-order chi connectivity index (χ1) is 9.24. The second kappa shape index (κ2) is 6.66. The molecule has 0 bridgehead atoms. The number of nitrogens with one attached hydrogen (secondary N) is 2. The van der Waals surface area contributed by atoms with Crippen molar-refractivity contribution in [2.45, 2.75) is 4.90 Å². The molecule has 0 aliphatic carbocycles. The maximum absolute atomic E-state index is 11.5. The van der Waals surface area contributed by atoms with Crippen molar-refractivity contribution in [2.24, 2.45) is 10.9 Å². The van der Waals surface area contributed by atoms with Crippen molar-refractivity contribution in [3.63, 3.8) is 0 Å². The highest BCUT2D eigenvalue weighted by Gasteiger charge is 2.13. The fourth-order valence-corrected chi connectivity index (χ4v) is 1.93. The Balaban J connectivity index is 2.82. The monoisotopic (exact) mass is 320 g/mol. The van der Waals surface area contributed by atoms with Gasteiger partial charge in [-0.25, -0.2) is 13.6 Å². The number of halogens is 1. The highest BCUT2D eigenvalue weighted by Crippen LogP contribution is 2.24. The Labute approximate surface area is 120 Å². The number of hydrogen-bond donors (Lipinski definition) is 4. The lowest BCUT2D eigenvalue weighted by molar-refractivity contribution is -0.123. The van der Waals surface area contributed by atoms with Crippen molar-refractivity contribution in [1.29, 1.82) is 0 Å². The number of rotatable bonds is 5. The number of carbonyl (C=O) groups excluding carboxylic acids is 2. The fourth-order valence-electron chi connectivity index (χ4n) is 1.22. The summed E-state index contributed by atoms with van der Waals surface area (Å²) in [6.07, 6.45) is 0. The Morgan fingerprint density at radius 3 is 2.45 bits per heavy atom. The van der Waals surface area contributed by atoms with Crippen molar-refractivity contribution in [3.05, 3.63) is 23.2 Å². The third-order valence-corrected chi connectivity index (χ3v) is 3.41. The van der Waals surface area contributed by atoms with Crippen molar-refractivity contribution in [3.8, 4) is 0 Å². The van der Waals surface area contributed by atoms with Crippen molar-refractivity contribution >= 4 is 39.1 Å². The average Bonchev–Trinajstić information content (AvgIpc) is 2.37. The quantitative estimate of drug-likeness (QED) is 0.550. The predicted octanol–water partition coefficient (Wildman–Crippen LogP) is -0.999. The maximum atomic E-state index is 11.5. The lowest BCUT2D eigenvalue weighted by atomic mass is 10.3. The molecule has 0 radical (unpaired) electrons. The van der Waals surface area contributed by atoms with Gasteiger partial charge in [-0.2, -0.15) is 0 Å². The third-order valence-electron chi connectivity index (χ3n) is 2.17. The summed E-state index contributed by atoms with van der Waals surface area (Å²) in [5.41, 5.74) is 5.13. The van der Waals surface area contributed by atoms with Gasteiger partial charge in [0.05, 0.1) is 28.7 Å². The van der Waals surface area contributed by atoms with Gasteiger partial charge in [0.25, 0.3) is 0 Å². The average molecular weight is 321 g/mol. The van der Waals surface area contributed by atoms with Gasteiger partial charge in [0.2, 0.25) is 21.8 Å². The molecule has 0 heterocycles. The molecule has 8 nitrogen and oxygen atoms in total. The van der Waals surface area contributed by atoms with Crippen LogP contribution in [0.5, 0.6) is 0 Å². The first-order valence-electron chi connectivity index (χ1n) is 5.33. The summed E-state index contributed by atoms with van der Waals surface area (Å²) in [7, 11) is -3.90. The molecule has 110 valence electrons. The van der Waals surface area contributed by atoms with E-state index >= 15 is 0 Å². The van der Waals surface area contributed by atoms with Crippen LogP contribution in [0.3, 0.4) is 0 Å². The van der Waals surface area contributed by atoms with Crippen LogP contribution in [0.25, 0.3) is 0 Å². The zero-order valence-corrected chi connectivity index (χ0v) is 11.8. The third kappa shape index (κ3) is 4.78. The molecule has 0 unspecified atom stereocenters. The van der Waals surface area contributed by atoms with E-state index in [1.54, 1.807) is 0 Å². The predicted molar refractivity (Wildman–Crippen MR) is 73.5 cm³/mol. The Kier molecular flexibility index (Phi) is 5.45. The van der Waals surface area contributed by atoms with E-state index in [0.717, 1.165) is 6.07 Å². The number of benzene rings is 1. The molecule has 0 aliphatic rings. The number of sulfonamides is 1. The number of amides is 2. The molecule has 20 heavy (non-hydrogen) atoms. The number of hydrogen-bond acceptors (Lipinski definition) is 5. The van der Waals surface area contributed by atoms with Crippen LogP contribution in [-0.4, -0.2) is 33.3 Å². The second-order valence-electron chi connectivity index (χ2n) is 3.72. The summed E-state index contributed by atoms with van der Waals surface area (Å²) in [4.78, 5) is 22.2. The topological polar surface area (TPSA) is 144 Å². The van der Waals surface area contributed by atoms with Gasteiger partial charge in [0.15, 0.2) is 0 Å². The van der Waals surface area contributed by atoms with Crippen molar-refractivity contribution < 1.29 is 18.0 Å². The molecule has 0 saturated carbocycles. The van der Waals surface area contributed by atoms with Gasteiger partial charge in [-0.15, -0.1) is 0 Å². The van der Waals surface area contributed by atoms with Crippen LogP contribution < -0.4 is 21.5 Å². The van der Waals surface area contributed by atoms with E-state index in [2.05, 4.69) is 10.6 Å². The Morgan fingerprint density at radius 1 is 1.25 bits per heavy atom. The van der Waals surface area contributed by atoms with E-state index in [-0.39, 0.29) is 28.7 Å². The van der Waals surface area contributed by atoms with Crippen LogP contribution in [0.1, 0.15) is 0 Å². The van der Waals surface area contributed by atoms with E-state index in [1.807, 2.05) is 0 Å². The van der Waals surface area contributed by atoms with Gasteiger partial charge in [0, 0.05) is 0 Å². The minimum atomic E-state index is -3.90. The van der Waals surface area contributed by atoms with Crippen LogP contribution in [0.4, 0.5) is 5.69 Å². The van der Waals surface area contributed by atoms with Gasteiger partial charge in [-0.1, -0.05) is 11.6 Å². The lowest BCUT2D eigenvalue weighted by Gasteiger charge is -2.09. The summed E-state index contributed by atoms with van der Waals surface area (Å²) in [6.45, 7) is -0.555. The number of carbonyl (C=O) groups is 2. The molecule has 1 rings (SSSR count). The number of nitrogens with two attached hydrogens (primary N) is 2. The van der Waals surface area contributed by atoms with Gasteiger partial charge >= 0.3 is 0 Å². The first-order valence-corrected chi connectivity index (χ1v) is 7.25. The van der Waals surface area contributed by atoms with Crippen molar-refractivity contribution in [1.82, 2.24) is 5.32 Å². The Bertz CT molecular complexity index is 632.